The Balaban J connectivity index is 1.54. The standard InChI is InChI=1S/C17H14N4O3S2/c1-22-10-3-4-11(13(7-10)23-2)15-20-14(24-21-15)8-26-17-12-5-6-25-16(12)18-9-19-17/h3-7,9H,8H2,1-2H3. The Kier molecular flexibility index (Phi) is 4.72. The Morgan fingerprint density at radius 1 is 1.15 bits per heavy atom. The van der Waals surface area contributed by atoms with Crippen LogP contribution in [0.2, 0.25) is 0 Å². The van der Waals surface area contributed by atoms with Crippen LogP contribution in [0.1, 0.15) is 5.89 Å². The third kappa shape index (κ3) is 3.23. The zero-order chi connectivity index (χ0) is 17.9. The van der Waals surface area contributed by atoms with Gasteiger partial charge in [0.05, 0.1) is 25.5 Å². The maximum atomic E-state index is 5.40. The van der Waals surface area contributed by atoms with Gasteiger partial charge in [-0.15, -0.1) is 11.3 Å². The van der Waals surface area contributed by atoms with Crippen LogP contribution in [0.15, 0.2) is 45.5 Å². The fourth-order valence-corrected chi connectivity index (χ4v) is 4.04. The molecule has 0 saturated heterocycles. The van der Waals surface area contributed by atoms with Crippen LogP contribution in [0.3, 0.4) is 0 Å². The van der Waals surface area contributed by atoms with Gasteiger partial charge in [0.2, 0.25) is 11.7 Å². The summed E-state index contributed by atoms with van der Waals surface area (Å²) in [5, 5.41) is 8.01. The second-order valence-electron chi connectivity index (χ2n) is 5.18. The number of methoxy groups -OCH3 is 2. The number of thiophene rings is 1. The minimum atomic E-state index is 0.475. The second kappa shape index (κ2) is 7.30. The largest absolute Gasteiger partial charge is 0.497 e. The summed E-state index contributed by atoms with van der Waals surface area (Å²) in [4.78, 5) is 14.0. The minimum Gasteiger partial charge on any atom is -0.497 e. The topological polar surface area (TPSA) is 83.2 Å². The number of hydrogen-bond donors (Lipinski definition) is 0. The summed E-state index contributed by atoms with van der Waals surface area (Å²) < 4.78 is 16.0. The van der Waals surface area contributed by atoms with E-state index < -0.39 is 0 Å². The van der Waals surface area contributed by atoms with E-state index in [0.717, 1.165) is 20.8 Å². The van der Waals surface area contributed by atoms with Crippen molar-refractivity contribution in [2.45, 2.75) is 10.8 Å². The third-order valence-corrected chi connectivity index (χ3v) is 5.49. The Morgan fingerprint density at radius 3 is 2.92 bits per heavy atom. The number of benzene rings is 1. The van der Waals surface area contributed by atoms with E-state index in [9.17, 15) is 0 Å². The monoisotopic (exact) mass is 386 g/mol. The molecule has 0 spiro atoms. The molecule has 0 N–H and O–H groups in total. The Hall–Kier alpha value is -2.65. The lowest BCUT2D eigenvalue weighted by molar-refractivity contribution is 0.388. The summed E-state index contributed by atoms with van der Waals surface area (Å²) >= 11 is 3.13. The SMILES string of the molecule is COc1ccc(-c2noc(CSc3ncnc4sccc34)n2)c(OC)c1. The maximum Gasteiger partial charge on any atom is 0.237 e. The van der Waals surface area contributed by atoms with E-state index in [1.54, 1.807) is 49.7 Å². The molecule has 0 unspecified atom stereocenters. The summed E-state index contributed by atoms with van der Waals surface area (Å²) in [5.41, 5.74) is 0.746. The van der Waals surface area contributed by atoms with Crippen LogP contribution in [-0.4, -0.2) is 34.3 Å². The second-order valence-corrected chi connectivity index (χ2v) is 7.04. The fraction of sp³-hybridized carbons (Fsp3) is 0.176. The van der Waals surface area contributed by atoms with Crippen LogP contribution in [0, 0.1) is 0 Å². The number of rotatable bonds is 6. The van der Waals surface area contributed by atoms with E-state index in [4.69, 9.17) is 14.0 Å². The zero-order valence-corrected chi connectivity index (χ0v) is 15.6. The molecule has 26 heavy (non-hydrogen) atoms. The molecule has 3 aromatic heterocycles. The normalized spacial score (nSPS) is 11.0. The molecule has 0 radical (unpaired) electrons. The fourth-order valence-electron chi connectivity index (χ4n) is 2.42. The van der Waals surface area contributed by atoms with Crippen LogP contribution in [0.5, 0.6) is 11.5 Å². The molecule has 9 heteroatoms. The molecule has 4 aromatic rings. The average Bonchev–Trinajstić information content (AvgIpc) is 3.35. The molecule has 1 aromatic carbocycles. The van der Waals surface area contributed by atoms with Gasteiger partial charge in [0.25, 0.3) is 0 Å². The highest BCUT2D eigenvalue weighted by Gasteiger charge is 2.15. The molecular formula is C17H14N4O3S2. The van der Waals surface area contributed by atoms with Crippen LogP contribution in [-0.2, 0) is 5.75 Å². The molecule has 3 heterocycles. The van der Waals surface area contributed by atoms with Gasteiger partial charge in [-0.05, 0) is 23.6 Å². The predicted octanol–water partition coefficient (Wildman–Crippen LogP) is 4.05. The molecule has 4 rings (SSSR count). The summed E-state index contributed by atoms with van der Waals surface area (Å²) in [7, 11) is 3.20. The minimum absolute atomic E-state index is 0.475. The molecule has 132 valence electrons. The number of nitrogens with zero attached hydrogens (tertiary/aromatic N) is 4. The van der Waals surface area contributed by atoms with Gasteiger partial charge >= 0.3 is 0 Å². The van der Waals surface area contributed by atoms with Crippen LogP contribution in [0.25, 0.3) is 21.6 Å². The Labute approximate surface area is 157 Å². The number of aromatic nitrogens is 4. The first kappa shape index (κ1) is 16.8. The van der Waals surface area contributed by atoms with Crippen molar-refractivity contribution in [1.82, 2.24) is 20.1 Å². The van der Waals surface area contributed by atoms with Crippen LogP contribution >= 0.6 is 23.1 Å². The van der Waals surface area contributed by atoms with E-state index in [1.165, 1.54) is 0 Å². The summed E-state index contributed by atoms with van der Waals surface area (Å²) in [5.74, 6) is 2.84. The molecule has 0 atom stereocenters. The summed E-state index contributed by atoms with van der Waals surface area (Å²) in [6.45, 7) is 0. The lowest BCUT2D eigenvalue weighted by atomic mass is 10.2. The van der Waals surface area contributed by atoms with Gasteiger partial charge in [-0.3, -0.25) is 0 Å². The van der Waals surface area contributed by atoms with Gasteiger partial charge in [0, 0.05) is 11.5 Å². The number of thioether (sulfide) groups is 1. The van der Waals surface area contributed by atoms with Crippen LogP contribution < -0.4 is 9.47 Å². The number of ether oxygens (including phenoxy) is 2. The highest BCUT2D eigenvalue weighted by molar-refractivity contribution is 7.98. The van der Waals surface area contributed by atoms with E-state index in [-0.39, 0.29) is 0 Å². The summed E-state index contributed by atoms with van der Waals surface area (Å²) in [6, 6.07) is 7.48. The zero-order valence-electron chi connectivity index (χ0n) is 14.0. The lowest BCUT2D eigenvalue weighted by Gasteiger charge is -2.07. The first-order valence-electron chi connectivity index (χ1n) is 7.64. The van der Waals surface area contributed by atoms with Gasteiger partial charge in [0.15, 0.2) is 0 Å². The molecule has 0 aliphatic heterocycles. The lowest BCUT2D eigenvalue weighted by Crippen LogP contribution is -1.92. The predicted molar refractivity (Wildman–Crippen MR) is 99.8 cm³/mol. The van der Waals surface area contributed by atoms with Crippen molar-refractivity contribution in [1.29, 1.82) is 0 Å². The smallest absolute Gasteiger partial charge is 0.237 e. The average molecular weight is 386 g/mol. The molecule has 0 bridgehead atoms. The molecular weight excluding hydrogens is 372 g/mol. The van der Waals surface area contributed by atoms with E-state index >= 15 is 0 Å². The van der Waals surface area contributed by atoms with Crippen molar-refractivity contribution in [3.63, 3.8) is 0 Å². The highest BCUT2D eigenvalue weighted by Crippen LogP contribution is 2.33. The highest BCUT2D eigenvalue weighted by atomic mass is 32.2. The van der Waals surface area contributed by atoms with Gasteiger partial charge < -0.3 is 14.0 Å². The molecule has 0 fully saturated rings. The first-order chi connectivity index (χ1) is 12.8. The van der Waals surface area contributed by atoms with E-state index in [0.29, 0.717) is 29.0 Å². The molecule has 0 amide bonds. The molecule has 0 aliphatic carbocycles. The Morgan fingerprint density at radius 2 is 2.08 bits per heavy atom. The Bertz CT molecular complexity index is 1050. The molecule has 0 saturated carbocycles. The van der Waals surface area contributed by atoms with Gasteiger partial charge in [0.1, 0.15) is 27.7 Å². The van der Waals surface area contributed by atoms with E-state index in [1.807, 2.05) is 23.6 Å². The summed E-state index contributed by atoms with van der Waals surface area (Å²) in [6.07, 6.45) is 1.57. The first-order valence-corrected chi connectivity index (χ1v) is 9.51. The maximum absolute atomic E-state index is 5.40. The van der Waals surface area contributed by atoms with Crippen molar-refractivity contribution < 1.29 is 14.0 Å². The molecule has 0 aliphatic rings. The third-order valence-electron chi connectivity index (χ3n) is 3.68. The van der Waals surface area contributed by atoms with Crippen molar-refractivity contribution in [2.24, 2.45) is 0 Å². The van der Waals surface area contributed by atoms with Crippen LogP contribution in [0.4, 0.5) is 0 Å². The van der Waals surface area contributed by atoms with Gasteiger partial charge in [-0.25, -0.2) is 9.97 Å². The van der Waals surface area contributed by atoms with Crippen molar-refractivity contribution in [3.8, 4) is 22.9 Å². The van der Waals surface area contributed by atoms with Crippen molar-refractivity contribution in [2.75, 3.05) is 14.2 Å². The molecule has 7 nitrogen and oxygen atoms in total. The number of fused-ring (bicyclic) bond motifs is 1. The van der Waals surface area contributed by atoms with Crippen molar-refractivity contribution >= 4 is 33.3 Å². The van der Waals surface area contributed by atoms with Gasteiger partial charge in [-0.1, -0.05) is 16.9 Å². The quantitative estimate of drug-likeness (QED) is 0.362. The number of hydrogen-bond acceptors (Lipinski definition) is 9. The van der Waals surface area contributed by atoms with Gasteiger partial charge in [-0.2, -0.15) is 4.98 Å². The van der Waals surface area contributed by atoms with E-state index in [2.05, 4.69) is 20.1 Å². The van der Waals surface area contributed by atoms with Crippen molar-refractivity contribution in [3.05, 3.63) is 41.9 Å².